The highest BCUT2D eigenvalue weighted by atomic mass is 16.3. The zero-order valence-corrected chi connectivity index (χ0v) is 12.0. The number of para-hydroxylation sites is 1. The standard InChI is InChI=1S/C16H19N3O2/c1-12-4-2-3-5-14(12)19-16(21)15-7-6-13(11-18-15)10-17-8-9-20/h2-7,11,17,20H,8-10H2,1H3,(H,19,21). The van der Waals surface area contributed by atoms with Gasteiger partial charge in [0.1, 0.15) is 5.69 Å². The zero-order chi connectivity index (χ0) is 15.1. The van der Waals surface area contributed by atoms with Crippen molar-refractivity contribution in [1.29, 1.82) is 0 Å². The van der Waals surface area contributed by atoms with Gasteiger partial charge in [-0.25, -0.2) is 0 Å². The van der Waals surface area contributed by atoms with Gasteiger partial charge in [-0.15, -0.1) is 0 Å². The molecule has 0 aliphatic rings. The van der Waals surface area contributed by atoms with Crippen LogP contribution in [0.1, 0.15) is 21.6 Å². The fraction of sp³-hybridized carbons (Fsp3) is 0.250. The second-order valence-corrected chi connectivity index (χ2v) is 4.72. The lowest BCUT2D eigenvalue weighted by Crippen LogP contribution is -2.18. The summed E-state index contributed by atoms with van der Waals surface area (Å²) < 4.78 is 0. The summed E-state index contributed by atoms with van der Waals surface area (Å²) in [5.74, 6) is -0.223. The average molecular weight is 285 g/mol. The molecule has 5 nitrogen and oxygen atoms in total. The van der Waals surface area contributed by atoms with E-state index in [1.807, 2.05) is 37.3 Å². The molecule has 0 aliphatic heterocycles. The second kappa shape index (κ2) is 7.52. The number of carbonyl (C=O) groups is 1. The Kier molecular flexibility index (Phi) is 5.43. The van der Waals surface area contributed by atoms with Crippen molar-refractivity contribution in [2.75, 3.05) is 18.5 Å². The Morgan fingerprint density at radius 2 is 2.05 bits per heavy atom. The molecule has 2 rings (SSSR count). The second-order valence-electron chi connectivity index (χ2n) is 4.72. The van der Waals surface area contributed by atoms with Crippen LogP contribution >= 0.6 is 0 Å². The summed E-state index contributed by atoms with van der Waals surface area (Å²) in [4.78, 5) is 16.3. The highest BCUT2D eigenvalue weighted by Gasteiger charge is 2.08. The van der Waals surface area contributed by atoms with Crippen LogP contribution in [0.4, 0.5) is 5.69 Å². The van der Waals surface area contributed by atoms with E-state index in [0.29, 0.717) is 18.8 Å². The van der Waals surface area contributed by atoms with Gasteiger partial charge in [-0.05, 0) is 30.2 Å². The maximum Gasteiger partial charge on any atom is 0.274 e. The fourth-order valence-electron chi connectivity index (χ4n) is 1.87. The molecule has 21 heavy (non-hydrogen) atoms. The highest BCUT2D eigenvalue weighted by molar-refractivity contribution is 6.03. The number of carbonyl (C=O) groups excluding carboxylic acids is 1. The molecule has 110 valence electrons. The summed E-state index contributed by atoms with van der Waals surface area (Å²) in [7, 11) is 0. The number of anilines is 1. The molecule has 0 saturated carbocycles. The summed E-state index contributed by atoms with van der Waals surface area (Å²) in [6.45, 7) is 3.20. The van der Waals surface area contributed by atoms with Gasteiger partial charge in [-0.2, -0.15) is 0 Å². The fourth-order valence-corrected chi connectivity index (χ4v) is 1.87. The molecular formula is C16H19N3O2. The topological polar surface area (TPSA) is 74.2 Å². The van der Waals surface area contributed by atoms with Crippen LogP contribution in [0.5, 0.6) is 0 Å². The van der Waals surface area contributed by atoms with Gasteiger partial charge in [0.15, 0.2) is 0 Å². The minimum Gasteiger partial charge on any atom is -0.395 e. The molecule has 0 aliphatic carbocycles. The van der Waals surface area contributed by atoms with Crippen LogP contribution in [-0.4, -0.2) is 29.1 Å². The third-order valence-corrected chi connectivity index (χ3v) is 3.07. The van der Waals surface area contributed by atoms with Crippen molar-refractivity contribution in [3.8, 4) is 0 Å². The molecule has 1 aromatic heterocycles. The number of aliphatic hydroxyl groups is 1. The van der Waals surface area contributed by atoms with Crippen molar-refractivity contribution in [2.24, 2.45) is 0 Å². The van der Waals surface area contributed by atoms with Crippen molar-refractivity contribution in [3.05, 3.63) is 59.4 Å². The van der Waals surface area contributed by atoms with Gasteiger partial charge in [-0.3, -0.25) is 9.78 Å². The number of hydrogen-bond acceptors (Lipinski definition) is 4. The third kappa shape index (κ3) is 4.37. The smallest absolute Gasteiger partial charge is 0.274 e. The van der Waals surface area contributed by atoms with E-state index in [1.54, 1.807) is 12.3 Å². The summed E-state index contributed by atoms with van der Waals surface area (Å²) in [5, 5.41) is 14.6. The zero-order valence-electron chi connectivity index (χ0n) is 12.0. The average Bonchev–Trinajstić information content (AvgIpc) is 2.50. The number of amides is 1. The number of aryl methyl sites for hydroxylation is 1. The number of hydrogen-bond donors (Lipinski definition) is 3. The van der Waals surface area contributed by atoms with Gasteiger partial charge in [0.2, 0.25) is 0 Å². The molecule has 0 saturated heterocycles. The van der Waals surface area contributed by atoms with Gasteiger partial charge in [-0.1, -0.05) is 24.3 Å². The van der Waals surface area contributed by atoms with Crippen LogP contribution in [0.2, 0.25) is 0 Å². The first-order valence-corrected chi connectivity index (χ1v) is 6.84. The Hall–Kier alpha value is -2.24. The lowest BCUT2D eigenvalue weighted by Gasteiger charge is -2.08. The molecule has 0 fully saturated rings. The first-order chi connectivity index (χ1) is 10.2. The van der Waals surface area contributed by atoms with Crippen LogP contribution in [0.25, 0.3) is 0 Å². The van der Waals surface area contributed by atoms with Crippen molar-refractivity contribution in [1.82, 2.24) is 10.3 Å². The predicted molar refractivity (Wildman–Crippen MR) is 82.2 cm³/mol. The van der Waals surface area contributed by atoms with Crippen LogP contribution < -0.4 is 10.6 Å². The van der Waals surface area contributed by atoms with Crippen LogP contribution in [0, 0.1) is 6.92 Å². The first-order valence-electron chi connectivity index (χ1n) is 6.84. The van der Waals surface area contributed by atoms with Gasteiger partial charge >= 0.3 is 0 Å². The summed E-state index contributed by atoms with van der Waals surface area (Å²) >= 11 is 0. The number of nitrogens with one attached hydrogen (secondary N) is 2. The summed E-state index contributed by atoms with van der Waals surface area (Å²) in [6.07, 6.45) is 1.66. The number of aromatic nitrogens is 1. The number of nitrogens with zero attached hydrogens (tertiary/aromatic N) is 1. The number of aliphatic hydroxyl groups excluding tert-OH is 1. The lowest BCUT2D eigenvalue weighted by molar-refractivity contribution is 0.102. The van der Waals surface area contributed by atoms with E-state index >= 15 is 0 Å². The molecule has 0 bridgehead atoms. The Bertz CT molecular complexity index is 597. The Morgan fingerprint density at radius 3 is 2.71 bits per heavy atom. The van der Waals surface area contributed by atoms with Gasteiger partial charge < -0.3 is 15.7 Å². The monoisotopic (exact) mass is 285 g/mol. The largest absolute Gasteiger partial charge is 0.395 e. The van der Waals surface area contributed by atoms with E-state index in [9.17, 15) is 4.79 Å². The van der Waals surface area contributed by atoms with Crippen LogP contribution in [0.15, 0.2) is 42.6 Å². The predicted octanol–water partition coefficient (Wildman–Crippen LogP) is 1.72. The molecule has 0 radical (unpaired) electrons. The van der Waals surface area contributed by atoms with Crippen molar-refractivity contribution < 1.29 is 9.90 Å². The molecule has 1 heterocycles. The maximum absolute atomic E-state index is 12.1. The minimum absolute atomic E-state index is 0.102. The Balaban J connectivity index is 1.98. The van der Waals surface area contributed by atoms with E-state index in [4.69, 9.17) is 5.11 Å². The molecule has 3 N–H and O–H groups in total. The summed E-state index contributed by atoms with van der Waals surface area (Å²) in [6, 6.07) is 11.2. The quantitative estimate of drug-likeness (QED) is 0.707. The van der Waals surface area contributed by atoms with Crippen molar-refractivity contribution in [2.45, 2.75) is 13.5 Å². The van der Waals surface area contributed by atoms with Crippen molar-refractivity contribution in [3.63, 3.8) is 0 Å². The normalized spacial score (nSPS) is 10.4. The first kappa shape index (κ1) is 15.2. The van der Waals surface area contributed by atoms with Crippen LogP contribution in [0.3, 0.4) is 0 Å². The third-order valence-electron chi connectivity index (χ3n) is 3.07. The van der Waals surface area contributed by atoms with E-state index in [1.165, 1.54) is 0 Å². The van der Waals surface area contributed by atoms with Crippen molar-refractivity contribution >= 4 is 11.6 Å². The number of pyridine rings is 1. The van der Waals surface area contributed by atoms with E-state index in [2.05, 4.69) is 15.6 Å². The summed E-state index contributed by atoms with van der Waals surface area (Å²) in [5.41, 5.74) is 3.15. The van der Waals surface area contributed by atoms with E-state index in [-0.39, 0.29) is 12.5 Å². The molecule has 1 amide bonds. The molecule has 0 atom stereocenters. The molecule has 5 heteroatoms. The van der Waals surface area contributed by atoms with E-state index < -0.39 is 0 Å². The minimum atomic E-state index is -0.223. The molecule has 1 aromatic carbocycles. The lowest BCUT2D eigenvalue weighted by atomic mass is 10.2. The SMILES string of the molecule is Cc1ccccc1NC(=O)c1ccc(CNCCO)cn1. The molecule has 2 aromatic rings. The number of benzene rings is 1. The van der Waals surface area contributed by atoms with E-state index in [0.717, 1.165) is 16.8 Å². The highest BCUT2D eigenvalue weighted by Crippen LogP contribution is 2.14. The molecular weight excluding hydrogens is 266 g/mol. The van der Waals surface area contributed by atoms with Crippen LogP contribution in [-0.2, 0) is 6.54 Å². The van der Waals surface area contributed by atoms with Gasteiger partial charge in [0.25, 0.3) is 5.91 Å². The Morgan fingerprint density at radius 1 is 1.24 bits per heavy atom. The molecule has 0 spiro atoms. The van der Waals surface area contributed by atoms with Gasteiger partial charge in [0, 0.05) is 25.0 Å². The number of rotatable bonds is 6. The molecule has 0 unspecified atom stereocenters. The Labute approximate surface area is 124 Å². The maximum atomic E-state index is 12.1. The van der Waals surface area contributed by atoms with Gasteiger partial charge in [0.05, 0.1) is 6.61 Å².